The first-order valence-corrected chi connectivity index (χ1v) is 12.1. The highest BCUT2D eigenvalue weighted by atomic mass is 35.5. The van der Waals surface area contributed by atoms with E-state index in [1.165, 1.54) is 23.5 Å². The highest BCUT2D eigenvalue weighted by Gasteiger charge is 2.30. The minimum Gasteiger partial charge on any atom is -0.341 e. The largest absolute Gasteiger partial charge is 0.416 e. The number of alkyl halides is 3. The van der Waals surface area contributed by atoms with Crippen LogP contribution in [0.5, 0.6) is 0 Å². The molecular weight excluding hydrogens is 506 g/mol. The first-order valence-electron chi connectivity index (χ1n) is 10.6. The lowest BCUT2D eigenvalue weighted by molar-refractivity contribution is -0.137. The monoisotopic (exact) mass is 523 g/mol. The Labute approximate surface area is 207 Å². The lowest BCUT2D eigenvalue weighted by Gasteiger charge is -2.16. The Hall–Kier alpha value is -2.62. The number of fused-ring (bicyclic) bond motifs is 1. The molecule has 0 aliphatic carbocycles. The van der Waals surface area contributed by atoms with E-state index in [2.05, 4.69) is 15.2 Å². The Bertz CT molecular complexity index is 1310. The molecule has 1 aliphatic rings. The van der Waals surface area contributed by atoms with Gasteiger partial charge in [-0.1, -0.05) is 40.6 Å². The van der Waals surface area contributed by atoms with Crippen LogP contribution in [0.2, 0.25) is 10.0 Å². The van der Waals surface area contributed by atoms with Crippen molar-refractivity contribution in [2.24, 2.45) is 0 Å². The van der Waals surface area contributed by atoms with Gasteiger partial charge in [-0.25, -0.2) is 4.98 Å². The maximum Gasteiger partial charge on any atom is 0.416 e. The maximum absolute atomic E-state index is 12.9. The minimum absolute atomic E-state index is 0.429. The van der Waals surface area contributed by atoms with E-state index in [-0.39, 0.29) is 0 Å². The molecule has 0 unspecified atom stereocenters. The zero-order valence-corrected chi connectivity index (χ0v) is 20.0. The van der Waals surface area contributed by atoms with E-state index in [1.54, 1.807) is 18.2 Å². The third-order valence-corrected chi connectivity index (χ3v) is 7.20. The number of nitrogens with zero attached hydrogens (tertiary/aromatic N) is 4. The standard InChI is InChI=1S/C23H18Cl2F3N5S/c24-16-4-3-5-17(25)15(16)12-18-30-19-20(29-14-8-6-13(7-9-14)23(26,27)28)31-22(32-21(19)34-18)33-10-1-2-11-33/h3-9H,1-2,10-12H2,(H,29,31,32). The molecule has 0 atom stereocenters. The highest BCUT2D eigenvalue weighted by Crippen LogP contribution is 2.35. The SMILES string of the molecule is FC(F)(F)c1ccc(Nc2nc(N3CCCC3)nc3sc(Cc4c(Cl)cccc4Cl)nc23)cc1. The predicted molar refractivity (Wildman–Crippen MR) is 131 cm³/mol. The molecule has 1 N–H and O–H groups in total. The molecule has 5 nitrogen and oxygen atoms in total. The fourth-order valence-electron chi connectivity index (χ4n) is 3.81. The average Bonchev–Trinajstić information content (AvgIpc) is 3.46. The third kappa shape index (κ3) is 4.78. The molecular formula is C23H18Cl2F3N5S. The summed E-state index contributed by atoms with van der Waals surface area (Å²) in [5, 5.41) is 5.00. The lowest BCUT2D eigenvalue weighted by Crippen LogP contribution is -2.20. The van der Waals surface area contributed by atoms with Crippen molar-refractivity contribution >= 4 is 62.3 Å². The summed E-state index contributed by atoms with van der Waals surface area (Å²) in [4.78, 5) is 16.9. The van der Waals surface area contributed by atoms with Gasteiger partial charge in [0.05, 0.1) is 5.56 Å². The van der Waals surface area contributed by atoms with Gasteiger partial charge in [-0.2, -0.15) is 23.1 Å². The molecule has 1 fully saturated rings. The highest BCUT2D eigenvalue weighted by molar-refractivity contribution is 7.18. The summed E-state index contributed by atoms with van der Waals surface area (Å²) in [6.45, 7) is 1.71. The van der Waals surface area contributed by atoms with Crippen molar-refractivity contribution in [1.29, 1.82) is 0 Å². The number of hydrogen-bond acceptors (Lipinski definition) is 6. The van der Waals surface area contributed by atoms with E-state index < -0.39 is 11.7 Å². The van der Waals surface area contributed by atoms with Gasteiger partial charge < -0.3 is 10.2 Å². The molecule has 0 radical (unpaired) electrons. The molecule has 3 heterocycles. The van der Waals surface area contributed by atoms with Crippen molar-refractivity contribution in [3.63, 3.8) is 0 Å². The van der Waals surface area contributed by atoms with Crippen molar-refractivity contribution in [2.75, 3.05) is 23.3 Å². The van der Waals surface area contributed by atoms with E-state index in [0.717, 1.165) is 48.6 Å². The summed E-state index contributed by atoms with van der Waals surface area (Å²) in [7, 11) is 0. The molecule has 2 aromatic carbocycles. The van der Waals surface area contributed by atoms with Crippen LogP contribution in [-0.2, 0) is 12.6 Å². The van der Waals surface area contributed by atoms with E-state index in [4.69, 9.17) is 33.2 Å². The molecule has 0 saturated carbocycles. The van der Waals surface area contributed by atoms with E-state index in [1.807, 2.05) is 0 Å². The Morgan fingerprint density at radius 3 is 2.26 bits per heavy atom. The summed E-state index contributed by atoms with van der Waals surface area (Å²) in [5.41, 5.74) is 1.08. The quantitative estimate of drug-likeness (QED) is 0.296. The van der Waals surface area contributed by atoms with Gasteiger partial charge in [-0.15, -0.1) is 0 Å². The Kier molecular flexibility index (Phi) is 6.26. The van der Waals surface area contributed by atoms with Crippen LogP contribution in [0.1, 0.15) is 29.0 Å². The van der Waals surface area contributed by atoms with Gasteiger partial charge in [0.25, 0.3) is 0 Å². The molecule has 1 aliphatic heterocycles. The van der Waals surface area contributed by atoms with Gasteiger partial charge in [0.2, 0.25) is 5.95 Å². The second-order valence-electron chi connectivity index (χ2n) is 7.90. The number of aromatic nitrogens is 3. The van der Waals surface area contributed by atoms with E-state index >= 15 is 0 Å². The second-order valence-corrected chi connectivity index (χ2v) is 9.78. The van der Waals surface area contributed by atoms with Crippen molar-refractivity contribution in [3.8, 4) is 0 Å². The zero-order chi connectivity index (χ0) is 23.9. The van der Waals surface area contributed by atoms with Crippen molar-refractivity contribution in [3.05, 3.63) is 68.6 Å². The number of hydrogen-bond donors (Lipinski definition) is 1. The van der Waals surface area contributed by atoms with Crippen LogP contribution in [-0.4, -0.2) is 28.0 Å². The summed E-state index contributed by atoms with van der Waals surface area (Å²) in [6, 6.07) is 10.2. The summed E-state index contributed by atoms with van der Waals surface area (Å²) >= 11 is 14.1. The van der Waals surface area contributed by atoms with Crippen LogP contribution in [0.25, 0.3) is 10.3 Å². The van der Waals surface area contributed by atoms with Gasteiger partial charge in [0.15, 0.2) is 10.6 Å². The average molecular weight is 524 g/mol. The predicted octanol–water partition coefficient (Wildman–Crippen LogP) is 7.35. The molecule has 0 bridgehead atoms. The molecule has 2 aromatic heterocycles. The summed E-state index contributed by atoms with van der Waals surface area (Å²) < 4.78 is 38.8. The zero-order valence-electron chi connectivity index (χ0n) is 17.7. The fourth-order valence-corrected chi connectivity index (χ4v) is 5.28. The second kappa shape index (κ2) is 9.20. The minimum atomic E-state index is -4.40. The fraction of sp³-hybridized carbons (Fsp3) is 0.261. The topological polar surface area (TPSA) is 53.9 Å². The van der Waals surface area contributed by atoms with E-state index in [0.29, 0.717) is 44.3 Å². The van der Waals surface area contributed by atoms with Crippen LogP contribution in [0.3, 0.4) is 0 Å². The number of nitrogens with one attached hydrogen (secondary N) is 1. The van der Waals surface area contributed by atoms with Crippen LogP contribution in [0.4, 0.5) is 30.6 Å². The van der Waals surface area contributed by atoms with Crippen LogP contribution in [0.15, 0.2) is 42.5 Å². The normalized spacial score (nSPS) is 14.2. The van der Waals surface area contributed by atoms with Crippen molar-refractivity contribution < 1.29 is 13.2 Å². The molecule has 5 rings (SSSR count). The van der Waals surface area contributed by atoms with Crippen LogP contribution < -0.4 is 10.2 Å². The summed E-state index contributed by atoms with van der Waals surface area (Å²) in [6.07, 6.45) is -1.85. The van der Waals surface area contributed by atoms with Gasteiger partial charge in [-0.05, 0) is 54.8 Å². The first-order chi connectivity index (χ1) is 16.3. The number of benzene rings is 2. The summed E-state index contributed by atoms with van der Waals surface area (Å²) in [5.74, 6) is 1.02. The molecule has 0 amide bonds. The molecule has 0 spiro atoms. The molecule has 11 heteroatoms. The first kappa shape index (κ1) is 23.1. The van der Waals surface area contributed by atoms with Gasteiger partial charge in [0.1, 0.15) is 10.5 Å². The van der Waals surface area contributed by atoms with E-state index in [9.17, 15) is 13.2 Å². The number of thiazole rings is 1. The Morgan fingerprint density at radius 2 is 1.62 bits per heavy atom. The number of halogens is 5. The Balaban J connectivity index is 1.53. The maximum atomic E-state index is 12.9. The van der Waals surface area contributed by atoms with Gasteiger partial charge in [0, 0.05) is 35.2 Å². The number of anilines is 3. The Morgan fingerprint density at radius 1 is 0.941 bits per heavy atom. The number of rotatable bonds is 5. The van der Waals surface area contributed by atoms with Crippen LogP contribution in [0, 0.1) is 0 Å². The van der Waals surface area contributed by atoms with Crippen molar-refractivity contribution in [2.45, 2.75) is 25.4 Å². The molecule has 34 heavy (non-hydrogen) atoms. The molecule has 176 valence electrons. The third-order valence-electron chi connectivity index (χ3n) is 5.54. The van der Waals surface area contributed by atoms with Gasteiger partial charge >= 0.3 is 6.18 Å². The smallest absolute Gasteiger partial charge is 0.341 e. The molecule has 4 aromatic rings. The van der Waals surface area contributed by atoms with Gasteiger partial charge in [-0.3, -0.25) is 0 Å². The van der Waals surface area contributed by atoms with Crippen molar-refractivity contribution in [1.82, 2.24) is 15.0 Å². The van der Waals surface area contributed by atoms with Crippen LogP contribution >= 0.6 is 34.5 Å². The molecule has 1 saturated heterocycles. The lowest BCUT2D eigenvalue weighted by atomic mass is 10.1.